The molecule has 0 radical (unpaired) electrons. The molecule has 0 aliphatic heterocycles. The minimum Gasteiger partial charge on any atom is -0.364 e. The fourth-order valence-electron chi connectivity index (χ4n) is 1.40. The van der Waals surface area contributed by atoms with Crippen LogP contribution >= 0.6 is 0 Å². The summed E-state index contributed by atoms with van der Waals surface area (Å²) in [5.74, 6) is 0.269. The summed E-state index contributed by atoms with van der Waals surface area (Å²) in [6.45, 7) is 3.73. The van der Waals surface area contributed by atoms with Gasteiger partial charge in [-0.2, -0.15) is 0 Å². The summed E-state index contributed by atoms with van der Waals surface area (Å²) in [5.41, 5.74) is 6.96. The summed E-state index contributed by atoms with van der Waals surface area (Å²) >= 11 is 0. The van der Waals surface area contributed by atoms with E-state index in [2.05, 4.69) is 9.97 Å². The van der Waals surface area contributed by atoms with Gasteiger partial charge in [0, 0.05) is 18.0 Å². The molecule has 2 aromatic rings. The molecule has 0 aromatic carbocycles. The fraction of sp³-hybridized carbons (Fsp3) is 0.222. The van der Waals surface area contributed by atoms with Crippen molar-refractivity contribution in [3.8, 4) is 0 Å². The lowest BCUT2D eigenvalue weighted by molar-refractivity contribution is 0.0996. The Labute approximate surface area is 80.6 Å². The Bertz CT molecular complexity index is 515. The van der Waals surface area contributed by atoms with Crippen LogP contribution in [-0.4, -0.2) is 20.3 Å². The Hall–Kier alpha value is -1.91. The Morgan fingerprint density at radius 2 is 2.14 bits per heavy atom. The lowest BCUT2D eigenvalue weighted by Gasteiger charge is -1.98. The van der Waals surface area contributed by atoms with Gasteiger partial charge in [-0.15, -0.1) is 0 Å². The van der Waals surface area contributed by atoms with Gasteiger partial charge in [0.05, 0.1) is 0 Å². The van der Waals surface area contributed by atoms with E-state index in [0.717, 1.165) is 11.5 Å². The molecule has 14 heavy (non-hydrogen) atoms. The van der Waals surface area contributed by atoms with Crippen molar-refractivity contribution in [3.63, 3.8) is 0 Å². The second kappa shape index (κ2) is 2.80. The predicted molar refractivity (Wildman–Crippen MR) is 51.0 cm³/mol. The van der Waals surface area contributed by atoms with E-state index >= 15 is 0 Å². The van der Waals surface area contributed by atoms with Crippen LogP contribution < -0.4 is 5.73 Å². The number of nitrogens with zero attached hydrogens (tertiary/aromatic N) is 3. The van der Waals surface area contributed by atoms with Crippen molar-refractivity contribution in [1.82, 2.24) is 14.4 Å². The second-order valence-corrected chi connectivity index (χ2v) is 3.16. The quantitative estimate of drug-likeness (QED) is 0.709. The van der Waals surface area contributed by atoms with E-state index < -0.39 is 5.91 Å². The number of primary amides is 1. The van der Waals surface area contributed by atoms with Gasteiger partial charge >= 0.3 is 0 Å². The number of hydrogen-bond acceptors (Lipinski definition) is 3. The Balaban J connectivity index is 2.76. The maximum Gasteiger partial charge on any atom is 0.268 e. The van der Waals surface area contributed by atoms with E-state index in [1.54, 1.807) is 16.7 Å². The highest BCUT2D eigenvalue weighted by Crippen LogP contribution is 2.08. The lowest BCUT2D eigenvalue weighted by atomic mass is 10.4. The molecule has 0 aliphatic rings. The molecule has 0 unspecified atom stereocenters. The first-order valence-electron chi connectivity index (χ1n) is 4.21. The molecule has 1 amide bonds. The van der Waals surface area contributed by atoms with Gasteiger partial charge in [-0.05, 0) is 13.8 Å². The molecule has 0 spiro atoms. The maximum atomic E-state index is 10.9. The van der Waals surface area contributed by atoms with E-state index in [1.807, 2.05) is 13.8 Å². The summed E-state index contributed by atoms with van der Waals surface area (Å²) in [7, 11) is 0. The third kappa shape index (κ3) is 1.22. The molecule has 0 aliphatic carbocycles. The Kier molecular flexibility index (Phi) is 1.73. The van der Waals surface area contributed by atoms with E-state index in [1.165, 1.54) is 0 Å². The molecule has 2 N–H and O–H groups in total. The van der Waals surface area contributed by atoms with Crippen molar-refractivity contribution < 1.29 is 4.79 Å². The van der Waals surface area contributed by atoms with Crippen molar-refractivity contribution >= 4 is 11.6 Å². The van der Waals surface area contributed by atoms with E-state index in [-0.39, 0.29) is 5.69 Å². The number of hydrogen-bond donors (Lipinski definition) is 1. The number of carbonyl (C=O) groups is 1. The van der Waals surface area contributed by atoms with Crippen molar-refractivity contribution in [2.75, 3.05) is 0 Å². The molecule has 0 fully saturated rings. The average molecular weight is 190 g/mol. The molecule has 0 saturated heterocycles. The van der Waals surface area contributed by atoms with E-state index in [9.17, 15) is 4.79 Å². The van der Waals surface area contributed by atoms with Crippen LogP contribution in [0, 0.1) is 13.8 Å². The molecule has 0 atom stereocenters. The number of aromatic nitrogens is 3. The van der Waals surface area contributed by atoms with Crippen LogP contribution in [0.2, 0.25) is 0 Å². The fourth-order valence-corrected chi connectivity index (χ4v) is 1.40. The first kappa shape index (κ1) is 8.68. The largest absolute Gasteiger partial charge is 0.364 e. The molecule has 5 nitrogen and oxygen atoms in total. The van der Waals surface area contributed by atoms with E-state index in [0.29, 0.717) is 5.65 Å². The normalized spacial score (nSPS) is 10.7. The maximum absolute atomic E-state index is 10.9. The molecule has 0 saturated carbocycles. The highest BCUT2D eigenvalue weighted by atomic mass is 16.1. The Morgan fingerprint density at radius 3 is 2.79 bits per heavy atom. The topological polar surface area (TPSA) is 73.3 Å². The number of fused-ring (bicyclic) bond motifs is 1. The number of rotatable bonds is 1. The summed E-state index contributed by atoms with van der Waals surface area (Å²) in [5, 5.41) is 0. The smallest absolute Gasteiger partial charge is 0.268 e. The van der Waals surface area contributed by atoms with Gasteiger partial charge in [-0.25, -0.2) is 9.97 Å². The molecule has 2 heterocycles. The van der Waals surface area contributed by atoms with Gasteiger partial charge in [0.25, 0.3) is 5.91 Å². The zero-order valence-electron chi connectivity index (χ0n) is 7.98. The summed E-state index contributed by atoms with van der Waals surface area (Å²) in [6, 6.07) is 1.80. The van der Waals surface area contributed by atoms with Crippen molar-refractivity contribution in [3.05, 3.63) is 29.5 Å². The number of aryl methyl sites for hydroxylation is 2. The summed E-state index contributed by atoms with van der Waals surface area (Å²) < 4.78 is 1.74. The minimum absolute atomic E-state index is 0.264. The molecule has 2 aromatic heterocycles. The van der Waals surface area contributed by atoms with Crippen molar-refractivity contribution in [2.45, 2.75) is 13.8 Å². The minimum atomic E-state index is -0.522. The highest BCUT2D eigenvalue weighted by molar-refractivity contribution is 5.91. The van der Waals surface area contributed by atoms with Crippen molar-refractivity contribution in [2.24, 2.45) is 5.73 Å². The predicted octanol–water partition coefficient (Wildman–Crippen LogP) is 0.445. The third-order valence-electron chi connectivity index (χ3n) is 2.01. The second-order valence-electron chi connectivity index (χ2n) is 3.16. The van der Waals surface area contributed by atoms with Crippen LogP contribution in [0.5, 0.6) is 0 Å². The average Bonchev–Trinajstić information content (AvgIpc) is 2.47. The zero-order valence-corrected chi connectivity index (χ0v) is 7.98. The number of nitrogens with two attached hydrogens (primary N) is 1. The van der Waals surface area contributed by atoms with Gasteiger partial charge < -0.3 is 5.73 Å². The molecule has 2 rings (SSSR count). The summed E-state index contributed by atoms with van der Waals surface area (Å²) in [6.07, 6.45) is 1.60. The third-order valence-corrected chi connectivity index (χ3v) is 2.01. The van der Waals surface area contributed by atoms with Crippen LogP contribution in [-0.2, 0) is 0 Å². The number of amides is 1. The van der Waals surface area contributed by atoms with Crippen molar-refractivity contribution in [1.29, 1.82) is 0 Å². The van der Waals surface area contributed by atoms with Gasteiger partial charge in [-0.3, -0.25) is 9.20 Å². The number of imidazole rings is 1. The van der Waals surface area contributed by atoms with Gasteiger partial charge in [-0.1, -0.05) is 0 Å². The first-order chi connectivity index (χ1) is 6.58. The molecule has 5 heteroatoms. The van der Waals surface area contributed by atoms with Crippen LogP contribution in [0.15, 0.2) is 12.3 Å². The monoisotopic (exact) mass is 190 g/mol. The Morgan fingerprint density at radius 1 is 1.43 bits per heavy atom. The molecule has 0 bridgehead atoms. The first-order valence-corrected chi connectivity index (χ1v) is 4.21. The van der Waals surface area contributed by atoms with Crippen LogP contribution in [0.4, 0.5) is 0 Å². The molecular weight excluding hydrogens is 180 g/mol. The van der Waals surface area contributed by atoms with Crippen LogP contribution in [0.25, 0.3) is 5.65 Å². The zero-order chi connectivity index (χ0) is 10.3. The van der Waals surface area contributed by atoms with Crippen LogP contribution in [0.3, 0.4) is 0 Å². The molecule has 72 valence electrons. The molecular formula is C9H10N4O. The summed E-state index contributed by atoms with van der Waals surface area (Å²) in [4.78, 5) is 19.2. The standard InChI is InChI=1S/C9H10N4O/c1-5-3-8-12-7(9(10)14)4-13(8)6(2)11-5/h3-4H,1-2H3,(H2,10,14). The van der Waals surface area contributed by atoms with Gasteiger partial charge in [0.15, 0.2) is 0 Å². The van der Waals surface area contributed by atoms with Gasteiger partial charge in [0.1, 0.15) is 17.2 Å². The lowest BCUT2D eigenvalue weighted by Crippen LogP contribution is -2.10. The van der Waals surface area contributed by atoms with Gasteiger partial charge in [0.2, 0.25) is 0 Å². The SMILES string of the molecule is Cc1cc2nc(C(N)=O)cn2c(C)n1. The van der Waals surface area contributed by atoms with E-state index in [4.69, 9.17) is 5.73 Å². The number of carbonyl (C=O) groups excluding carboxylic acids is 1. The van der Waals surface area contributed by atoms with Crippen LogP contribution in [0.1, 0.15) is 22.0 Å². The highest BCUT2D eigenvalue weighted by Gasteiger charge is 2.08.